The number of nitrogens with one attached hydrogen (secondary N) is 1. The highest BCUT2D eigenvalue weighted by Gasteiger charge is 2.41. The maximum Gasteiger partial charge on any atom is 0.229 e. The molecule has 3 nitrogen and oxygen atoms in total. The molecule has 0 radical (unpaired) electrons. The summed E-state index contributed by atoms with van der Waals surface area (Å²) in [5, 5.41) is 3.30. The molecule has 0 spiro atoms. The SMILES string of the molecule is CC(C)C1CCN(C(=O)C2(C)CCNC2)C1.Cl. The van der Waals surface area contributed by atoms with Crippen LogP contribution in [0, 0.1) is 17.3 Å². The number of amides is 1. The Morgan fingerprint density at radius 1 is 1.47 bits per heavy atom. The van der Waals surface area contributed by atoms with E-state index in [1.54, 1.807) is 0 Å². The summed E-state index contributed by atoms with van der Waals surface area (Å²) in [6, 6.07) is 0. The number of rotatable bonds is 2. The van der Waals surface area contributed by atoms with Crippen molar-refractivity contribution in [3.63, 3.8) is 0 Å². The second-order valence-corrected chi connectivity index (χ2v) is 6.03. The molecule has 1 N–H and O–H groups in total. The second kappa shape index (κ2) is 5.57. The van der Waals surface area contributed by atoms with Crippen molar-refractivity contribution in [2.75, 3.05) is 26.2 Å². The number of carbonyl (C=O) groups is 1. The minimum Gasteiger partial charge on any atom is -0.342 e. The zero-order valence-electron chi connectivity index (χ0n) is 11.2. The molecule has 2 rings (SSSR count). The Bertz CT molecular complexity index is 275. The van der Waals surface area contributed by atoms with Crippen LogP contribution in [0.3, 0.4) is 0 Å². The predicted molar refractivity (Wildman–Crippen MR) is 72.4 cm³/mol. The van der Waals surface area contributed by atoms with E-state index in [0.29, 0.717) is 17.7 Å². The molecule has 2 aliphatic heterocycles. The predicted octanol–water partition coefficient (Wildman–Crippen LogP) is 1.91. The van der Waals surface area contributed by atoms with Gasteiger partial charge in [-0.1, -0.05) is 13.8 Å². The summed E-state index contributed by atoms with van der Waals surface area (Å²) in [5.41, 5.74) is -0.133. The highest BCUT2D eigenvalue weighted by molar-refractivity contribution is 5.85. The van der Waals surface area contributed by atoms with Gasteiger partial charge in [0.15, 0.2) is 0 Å². The Morgan fingerprint density at radius 2 is 2.18 bits per heavy atom. The second-order valence-electron chi connectivity index (χ2n) is 6.03. The molecule has 0 aromatic heterocycles. The summed E-state index contributed by atoms with van der Waals surface area (Å²) in [6.45, 7) is 10.4. The summed E-state index contributed by atoms with van der Waals surface area (Å²) >= 11 is 0. The molecule has 100 valence electrons. The lowest BCUT2D eigenvalue weighted by atomic mass is 9.88. The van der Waals surface area contributed by atoms with Gasteiger partial charge in [0.25, 0.3) is 0 Å². The molecule has 0 saturated carbocycles. The van der Waals surface area contributed by atoms with Crippen molar-refractivity contribution in [1.29, 1.82) is 0 Å². The van der Waals surface area contributed by atoms with Crippen LogP contribution >= 0.6 is 12.4 Å². The van der Waals surface area contributed by atoms with Crippen molar-refractivity contribution in [2.24, 2.45) is 17.3 Å². The summed E-state index contributed by atoms with van der Waals surface area (Å²) in [4.78, 5) is 14.5. The van der Waals surface area contributed by atoms with Crippen molar-refractivity contribution in [3.05, 3.63) is 0 Å². The molecule has 0 aromatic carbocycles. The first-order valence-corrected chi connectivity index (χ1v) is 6.53. The van der Waals surface area contributed by atoms with Gasteiger partial charge in [-0.15, -0.1) is 12.4 Å². The van der Waals surface area contributed by atoms with Crippen LogP contribution in [-0.4, -0.2) is 37.0 Å². The van der Waals surface area contributed by atoms with Crippen LogP contribution in [0.15, 0.2) is 0 Å². The Hall–Kier alpha value is -0.280. The zero-order chi connectivity index (χ0) is 11.8. The van der Waals surface area contributed by atoms with E-state index in [9.17, 15) is 4.79 Å². The van der Waals surface area contributed by atoms with Crippen LogP contribution < -0.4 is 5.32 Å². The van der Waals surface area contributed by atoms with Crippen molar-refractivity contribution in [2.45, 2.75) is 33.6 Å². The maximum absolute atomic E-state index is 12.4. The first-order chi connectivity index (χ1) is 7.53. The Labute approximate surface area is 111 Å². The lowest BCUT2D eigenvalue weighted by Crippen LogP contribution is -2.42. The third kappa shape index (κ3) is 2.94. The van der Waals surface area contributed by atoms with Gasteiger partial charge in [0, 0.05) is 19.6 Å². The molecular weight excluding hydrogens is 236 g/mol. The molecule has 0 bridgehead atoms. The van der Waals surface area contributed by atoms with Crippen LogP contribution in [0.1, 0.15) is 33.6 Å². The van der Waals surface area contributed by atoms with E-state index in [2.05, 4.69) is 31.0 Å². The van der Waals surface area contributed by atoms with E-state index in [-0.39, 0.29) is 17.8 Å². The average molecular weight is 261 g/mol. The fourth-order valence-electron chi connectivity index (χ4n) is 2.90. The number of hydrogen-bond acceptors (Lipinski definition) is 2. The maximum atomic E-state index is 12.4. The highest BCUT2D eigenvalue weighted by Crippen LogP contribution is 2.31. The molecule has 2 atom stereocenters. The van der Waals surface area contributed by atoms with Crippen LogP contribution in [-0.2, 0) is 4.79 Å². The molecule has 1 amide bonds. The number of carbonyl (C=O) groups excluding carboxylic acids is 1. The minimum atomic E-state index is -0.133. The Kier molecular flexibility index (Phi) is 4.85. The monoisotopic (exact) mass is 260 g/mol. The van der Waals surface area contributed by atoms with Crippen molar-refractivity contribution in [1.82, 2.24) is 10.2 Å². The van der Waals surface area contributed by atoms with Crippen molar-refractivity contribution >= 4 is 18.3 Å². The fraction of sp³-hybridized carbons (Fsp3) is 0.923. The number of hydrogen-bond donors (Lipinski definition) is 1. The summed E-state index contributed by atoms with van der Waals surface area (Å²) < 4.78 is 0. The molecule has 2 fully saturated rings. The standard InChI is InChI=1S/C13H24N2O.ClH/c1-10(2)11-4-7-15(8-11)12(16)13(3)5-6-14-9-13;/h10-11,14H,4-9H2,1-3H3;1H. The third-order valence-corrected chi connectivity index (χ3v) is 4.34. The van der Waals surface area contributed by atoms with E-state index < -0.39 is 0 Å². The fourth-order valence-corrected chi connectivity index (χ4v) is 2.90. The summed E-state index contributed by atoms with van der Waals surface area (Å²) in [6.07, 6.45) is 2.18. The Balaban J connectivity index is 0.00000144. The van der Waals surface area contributed by atoms with E-state index in [1.807, 2.05) is 0 Å². The molecule has 2 aliphatic rings. The molecular formula is C13H25ClN2O. The first-order valence-electron chi connectivity index (χ1n) is 6.53. The van der Waals surface area contributed by atoms with Crippen LogP contribution in [0.5, 0.6) is 0 Å². The van der Waals surface area contributed by atoms with Crippen LogP contribution in [0.25, 0.3) is 0 Å². The molecule has 0 aliphatic carbocycles. The first kappa shape index (κ1) is 14.8. The lowest BCUT2D eigenvalue weighted by molar-refractivity contribution is -0.139. The van der Waals surface area contributed by atoms with Gasteiger partial charge in [0.2, 0.25) is 5.91 Å². The number of likely N-dealkylation sites (tertiary alicyclic amines) is 1. The zero-order valence-corrected chi connectivity index (χ0v) is 12.0. The van der Waals surface area contributed by atoms with Gasteiger partial charge in [0.1, 0.15) is 0 Å². The molecule has 2 unspecified atom stereocenters. The van der Waals surface area contributed by atoms with Gasteiger partial charge in [-0.3, -0.25) is 4.79 Å². The summed E-state index contributed by atoms with van der Waals surface area (Å²) in [7, 11) is 0. The van der Waals surface area contributed by atoms with Gasteiger partial charge in [0.05, 0.1) is 5.41 Å². The normalized spacial score (nSPS) is 32.9. The third-order valence-electron chi connectivity index (χ3n) is 4.34. The molecule has 2 saturated heterocycles. The van der Waals surface area contributed by atoms with E-state index in [4.69, 9.17) is 0 Å². The van der Waals surface area contributed by atoms with Gasteiger partial charge in [-0.05, 0) is 38.1 Å². The smallest absolute Gasteiger partial charge is 0.229 e. The molecule has 4 heteroatoms. The van der Waals surface area contributed by atoms with E-state index in [1.165, 1.54) is 6.42 Å². The van der Waals surface area contributed by atoms with Crippen LogP contribution in [0.4, 0.5) is 0 Å². The van der Waals surface area contributed by atoms with E-state index in [0.717, 1.165) is 32.6 Å². The molecule has 0 aromatic rings. The van der Waals surface area contributed by atoms with Crippen molar-refractivity contribution in [3.8, 4) is 0 Å². The topological polar surface area (TPSA) is 32.3 Å². The van der Waals surface area contributed by atoms with Gasteiger partial charge < -0.3 is 10.2 Å². The highest BCUT2D eigenvalue weighted by atomic mass is 35.5. The number of halogens is 1. The van der Waals surface area contributed by atoms with Gasteiger partial charge in [-0.25, -0.2) is 0 Å². The quantitative estimate of drug-likeness (QED) is 0.823. The van der Waals surface area contributed by atoms with Gasteiger partial charge in [-0.2, -0.15) is 0 Å². The van der Waals surface area contributed by atoms with E-state index >= 15 is 0 Å². The molecule has 17 heavy (non-hydrogen) atoms. The largest absolute Gasteiger partial charge is 0.342 e. The van der Waals surface area contributed by atoms with Gasteiger partial charge >= 0.3 is 0 Å². The number of nitrogens with zero attached hydrogens (tertiary/aromatic N) is 1. The Morgan fingerprint density at radius 3 is 2.65 bits per heavy atom. The molecule has 2 heterocycles. The van der Waals surface area contributed by atoms with Crippen molar-refractivity contribution < 1.29 is 4.79 Å². The average Bonchev–Trinajstić information content (AvgIpc) is 2.85. The lowest BCUT2D eigenvalue weighted by Gasteiger charge is -2.28. The minimum absolute atomic E-state index is 0. The van der Waals surface area contributed by atoms with Crippen LogP contribution in [0.2, 0.25) is 0 Å². The summed E-state index contributed by atoms with van der Waals surface area (Å²) in [5.74, 6) is 1.79.